The van der Waals surface area contributed by atoms with Crippen molar-refractivity contribution in [2.24, 2.45) is 0 Å². The fraction of sp³-hybridized carbons (Fsp3) is 0.214. The van der Waals surface area contributed by atoms with E-state index in [0.29, 0.717) is 0 Å². The molecular formula is C14H14ClFN2. The number of anilines is 1. The van der Waals surface area contributed by atoms with Gasteiger partial charge in [-0.15, -0.1) is 0 Å². The number of benzene rings is 1. The van der Waals surface area contributed by atoms with Crippen molar-refractivity contribution in [3.63, 3.8) is 0 Å². The highest BCUT2D eigenvalue weighted by molar-refractivity contribution is 6.30. The minimum absolute atomic E-state index is 0.0142. The summed E-state index contributed by atoms with van der Waals surface area (Å²) in [6, 6.07) is 8.64. The Balaban J connectivity index is 2.19. The fourth-order valence-corrected chi connectivity index (χ4v) is 1.85. The van der Waals surface area contributed by atoms with Crippen molar-refractivity contribution in [1.29, 1.82) is 0 Å². The van der Waals surface area contributed by atoms with Crippen LogP contribution in [-0.2, 0) is 0 Å². The number of halogens is 2. The molecule has 1 atom stereocenters. The van der Waals surface area contributed by atoms with E-state index in [1.54, 1.807) is 12.3 Å². The van der Waals surface area contributed by atoms with Gasteiger partial charge >= 0.3 is 0 Å². The predicted molar refractivity (Wildman–Crippen MR) is 72.4 cm³/mol. The van der Waals surface area contributed by atoms with E-state index in [9.17, 15) is 4.39 Å². The molecule has 1 heterocycles. The molecule has 0 fully saturated rings. The standard InChI is InChI=1S/C14H14ClFN2/c1-9(11-5-6-12(15)13(16)8-11)18-14-4-3-7-17-10(14)2/h3-9,18H,1-2H3. The van der Waals surface area contributed by atoms with E-state index < -0.39 is 5.82 Å². The zero-order chi connectivity index (χ0) is 13.1. The molecule has 2 nitrogen and oxygen atoms in total. The lowest BCUT2D eigenvalue weighted by Gasteiger charge is -2.17. The summed E-state index contributed by atoms with van der Waals surface area (Å²) in [4.78, 5) is 4.20. The maximum atomic E-state index is 13.4. The van der Waals surface area contributed by atoms with Crippen molar-refractivity contribution in [2.75, 3.05) is 5.32 Å². The van der Waals surface area contributed by atoms with Crippen LogP contribution in [0.5, 0.6) is 0 Å². The first-order valence-corrected chi connectivity index (χ1v) is 6.09. The second-order valence-corrected chi connectivity index (χ2v) is 4.58. The van der Waals surface area contributed by atoms with Crippen LogP contribution in [0.25, 0.3) is 0 Å². The van der Waals surface area contributed by atoms with Gasteiger partial charge in [0.1, 0.15) is 5.82 Å². The van der Waals surface area contributed by atoms with E-state index in [1.165, 1.54) is 6.07 Å². The molecule has 0 spiro atoms. The van der Waals surface area contributed by atoms with Gasteiger partial charge in [0.15, 0.2) is 0 Å². The first kappa shape index (κ1) is 12.8. The molecule has 0 saturated carbocycles. The van der Waals surface area contributed by atoms with Crippen molar-refractivity contribution in [3.05, 3.63) is 58.6 Å². The van der Waals surface area contributed by atoms with E-state index in [4.69, 9.17) is 11.6 Å². The monoisotopic (exact) mass is 264 g/mol. The van der Waals surface area contributed by atoms with Crippen LogP contribution in [0, 0.1) is 12.7 Å². The summed E-state index contributed by atoms with van der Waals surface area (Å²) in [6.45, 7) is 3.90. The van der Waals surface area contributed by atoms with Crippen molar-refractivity contribution < 1.29 is 4.39 Å². The molecule has 1 unspecified atom stereocenters. The molecule has 0 radical (unpaired) electrons. The van der Waals surface area contributed by atoms with E-state index >= 15 is 0 Å². The third-order valence-corrected chi connectivity index (χ3v) is 3.13. The number of hydrogen-bond acceptors (Lipinski definition) is 2. The molecule has 0 amide bonds. The minimum Gasteiger partial charge on any atom is -0.377 e. The van der Waals surface area contributed by atoms with Crippen LogP contribution in [0.3, 0.4) is 0 Å². The lowest BCUT2D eigenvalue weighted by atomic mass is 10.1. The highest BCUT2D eigenvalue weighted by atomic mass is 35.5. The Kier molecular flexibility index (Phi) is 3.82. The molecule has 2 aromatic rings. The zero-order valence-electron chi connectivity index (χ0n) is 10.2. The van der Waals surface area contributed by atoms with Crippen LogP contribution in [0.1, 0.15) is 24.2 Å². The molecule has 0 aliphatic rings. The van der Waals surface area contributed by atoms with Gasteiger partial charge < -0.3 is 5.32 Å². The zero-order valence-corrected chi connectivity index (χ0v) is 11.0. The molecule has 0 saturated heterocycles. The van der Waals surface area contributed by atoms with Crippen LogP contribution in [-0.4, -0.2) is 4.98 Å². The van der Waals surface area contributed by atoms with Crippen LogP contribution in [0.15, 0.2) is 36.5 Å². The highest BCUT2D eigenvalue weighted by Crippen LogP contribution is 2.24. The minimum atomic E-state index is -0.397. The first-order valence-electron chi connectivity index (χ1n) is 5.71. The summed E-state index contributed by atoms with van der Waals surface area (Å²) in [5.41, 5.74) is 2.71. The summed E-state index contributed by atoms with van der Waals surface area (Å²) in [5.74, 6) is -0.397. The fourth-order valence-electron chi connectivity index (χ4n) is 1.74. The van der Waals surface area contributed by atoms with E-state index in [2.05, 4.69) is 10.3 Å². The van der Waals surface area contributed by atoms with E-state index in [-0.39, 0.29) is 11.1 Å². The van der Waals surface area contributed by atoms with Crippen LogP contribution >= 0.6 is 11.6 Å². The van der Waals surface area contributed by atoms with Crippen LogP contribution < -0.4 is 5.32 Å². The van der Waals surface area contributed by atoms with Crippen LogP contribution in [0.2, 0.25) is 5.02 Å². The average Bonchev–Trinajstić information content (AvgIpc) is 2.35. The number of nitrogens with zero attached hydrogens (tertiary/aromatic N) is 1. The summed E-state index contributed by atoms with van der Waals surface area (Å²) in [6.07, 6.45) is 1.74. The van der Waals surface area contributed by atoms with E-state index in [0.717, 1.165) is 16.9 Å². The quantitative estimate of drug-likeness (QED) is 0.891. The molecule has 1 N–H and O–H groups in total. The maximum Gasteiger partial charge on any atom is 0.142 e. The molecule has 0 bridgehead atoms. The number of rotatable bonds is 3. The second-order valence-electron chi connectivity index (χ2n) is 4.18. The molecule has 4 heteroatoms. The SMILES string of the molecule is Cc1ncccc1NC(C)c1ccc(Cl)c(F)c1. The Bertz CT molecular complexity index is 557. The topological polar surface area (TPSA) is 24.9 Å². The van der Waals surface area contributed by atoms with E-state index in [1.807, 2.05) is 32.0 Å². The Morgan fingerprint density at radius 2 is 2.11 bits per heavy atom. The molecule has 18 heavy (non-hydrogen) atoms. The predicted octanol–water partition coefficient (Wildman–Crippen LogP) is 4.36. The molecule has 1 aromatic carbocycles. The molecular weight excluding hydrogens is 251 g/mol. The Labute approximate surface area is 111 Å². The molecule has 2 rings (SSSR count). The average molecular weight is 265 g/mol. The van der Waals surface area contributed by atoms with Crippen LogP contribution in [0.4, 0.5) is 10.1 Å². The van der Waals surface area contributed by atoms with Gasteiger partial charge in [-0.2, -0.15) is 0 Å². The molecule has 1 aromatic heterocycles. The summed E-state index contributed by atoms with van der Waals surface area (Å²) < 4.78 is 13.4. The molecule has 0 aliphatic heterocycles. The Hall–Kier alpha value is -1.61. The summed E-state index contributed by atoms with van der Waals surface area (Å²) in [7, 11) is 0. The maximum absolute atomic E-state index is 13.4. The molecule has 94 valence electrons. The largest absolute Gasteiger partial charge is 0.377 e. The van der Waals surface area contributed by atoms with Gasteiger partial charge in [-0.3, -0.25) is 4.98 Å². The smallest absolute Gasteiger partial charge is 0.142 e. The van der Waals surface area contributed by atoms with Gasteiger partial charge in [0.05, 0.1) is 16.4 Å². The summed E-state index contributed by atoms with van der Waals surface area (Å²) >= 11 is 5.67. The lowest BCUT2D eigenvalue weighted by Crippen LogP contribution is -2.08. The van der Waals surface area contributed by atoms with Crippen molar-refractivity contribution in [3.8, 4) is 0 Å². The molecule has 0 aliphatic carbocycles. The first-order chi connectivity index (χ1) is 8.58. The van der Waals surface area contributed by atoms with Gasteiger partial charge in [0.25, 0.3) is 0 Å². The number of aryl methyl sites for hydroxylation is 1. The lowest BCUT2D eigenvalue weighted by molar-refractivity contribution is 0.624. The van der Waals surface area contributed by atoms with Crippen molar-refractivity contribution in [1.82, 2.24) is 4.98 Å². The highest BCUT2D eigenvalue weighted by Gasteiger charge is 2.09. The van der Waals surface area contributed by atoms with Crippen molar-refractivity contribution in [2.45, 2.75) is 19.9 Å². The second kappa shape index (κ2) is 5.36. The number of aromatic nitrogens is 1. The Morgan fingerprint density at radius 3 is 2.78 bits per heavy atom. The van der Waals surface area contributed by atoms with Gasteiger partial charge in [0.2, 0.25) is 0 Å². The summed E-state index contributed by atoms with van der Waals surface area (Å²) in [5, 5.41) is 3.44. The normalized spacial score (nSPS) is 12.2. The van der Waals surface area contributed by atoms with Gasteiger partial charge in [0, 0.05) is 12.2 Å². The number of hydrogen-bond donors (Lipinski definition) is 1. The third-order valence-electron chi connectivity index (χ3n) is 2.82. The van der Waals surface area contributed by atoms with Gasteiger partial charge in [-0.1, -0.05) is 17.7 Å². The van der Waals surface area contributed by atoms with Gasteiger partial charge in [-0.05, 0) is 43.7 Å². The number of nitrogens with one attached hydrogen (secondary N) is 1. The third kappa shape index (κ3) is 2.79. The number of pyridine rings is 1. The van der Waals surface area contributed by atoms with Gasteiger partial charge in [-0.25, -0.2) is 4.39 Å². The Morgan fingerprint density at radius 1 is 1.33 bits per heavy atom. The van der Waals surface area contributed by atoms with Crippen molar-refractivity contribution >= 4 is 17.3 Å².